The lowest BCUT2D eigenvalue weighted by Gasteiger charge is -2.33. The normalized spacial score (nSPS) is 17.7. The molecule has 6 heteroatoms. The van der Waals surface area contributed by atoms with Gasteiger partial charge in [-0.15, -0.1) is 0 Å². The Morgan fingerprint density at radius 2 is 2.00 bits per heavy atom. The standard InChI is InChI=1S/C19H29N3O3/c1-16-8-5-6-12-22(16)13-7-11-20-18(23)14-21-19(24)25-15-17-9-3-2-4-10-17/h2-4,9-10,16H,5-8,11-15H2,1H3,(H,20,23)(H,21,24). The zero-order valence-electron chi connectivity index (χ0n) is 15.0. The highest BCUT2D eigenvalue weighted by atomic mass is 16.5. The van der Waals surface area contributed by atoms with E-state index in [9.17, 15) is 9.59 Å². The van der Waals surface area contributed by atoms with Gasteiger partial charge in [-0.25, -0.2) is 4.79 Å². The van der Waals surface area contributed by atoms with Crippen LogP contribution in [0.25, 0.3) is 0 Å². The fourth-order valence-electron chi connectivity index (χ4n) is 2.99. The fourth-order valence-corrected chi connectivity index (χ4v) is 2.99. The summed E-state index contributed by atoms with van der Waals surface area (Å²) in [5.74, 6) is -0.191. The molecule has 25 heavy (non-hydrogen) atoms. The van der Waals surface area contributed by atoms with Crippen molar-refractivity contribution in [3.05, 3.63) is 35.9 Å². The predicted octanol–water partition coefficient (Wildman–Crippen LogP) is 2.29. The van der Waals surface area contributed by atoms with E-state index in [1.807, 2.05) is 30.3 Å². The number of hydrogen-bond acceptors (Lipinski definition) is 4. The third-order valence-electron chi connectivity index (χ3n) is 4.49. The molecular weight excluding hydrogens is 318 g/mol. The van der Waals surface area contributed by atoms with Gasteiger partial charge in [-0.2, -0.15) is 0 Å². The summed E-state index contributed by atoms with van der Waals surface area (Å²) in [6.45, 7) is 5.19. The molecule has 0 bridgehead atoms. The van der Waals surface area contributed by atoms with Crippen LogP contribution in [0, 0.1) is 0 Å². The smallest absolute Gasteiger partial charge is 0.407 e. The summed E-state index contributed by atoms with van der Waals surface area (Å²) in [6, 6.07) is 10.1. The van der Waals surface area contributed by atoms with Gasteiger partial charge in [0.15, 0.2) is 0 Å². The molecule has 1 aromatic carbocycles. The largest absolute Gasteiger partial charge is 0.445 e. The highest BCUT2D eigenvalue weighted by Gasteiger charge is 2.17. The number of amides is 2. The first-order valence-corrected chi connectivity index (χ1v) is 9.10. The molecule has 1 atom stereocenters. The van der Waals surface area contributed by atoms with Crippen LogP contribution < -0.4 is 10.6 Å². The highest BCUT2D eigenvalue weighted by molar-refractivity contribution is 5.82. The van der Waals surface area contributed by atoms with Gasteiger partial charge in [0, 0.05) is 19.1 Å². The minimum atomic E-state index is -0.582. The van der Waals surface area contributed by atoms with Gasteiger partial charge < -0.3 is 20.3 Å². The molecule has 6 nitrogen and oxygen atoms in total. The molecule has 1 heterocycles. The maximum Gasteiger partial charge on any atom is 0.407 e. The highest BCUT2D eigenvalue weighted by Crippen LogP contribution is 2.15. The van der Waals surface area contributed by atoms with Crippen molar-refractivity contribution in [2.24, 2.45) is 0 Å². The van der Waals surface area contributed by atoms with Crippen molar-refractivity contribution in [2.45, 2.75) is 45.3 Å². The first-order valence-electron chi connectivity index (χ1n) is 9.10. The molecule has 2 amide bonds. The van der Waals surface area contributed by atoms with Gasteiger partial charge in [-0.05, 0) is 38.3 Å². The van der Waals surface area contributed by atoms with Crippen LogP contribution in [0.4, 0.5) is 4.79 Å². The number of nitrogens with zero attached hydrogens (tertiary/aromatic N) is 1. The maximum absolute atomic E-state index is 11.7. The van der Waals surface area contributed by atoms with E-state index in [1.165, 1.54) is 19.3 Å². The van der Waals surface area contributed by atoms with Crippen LogP contribution in [0.3, 0.4) is 0 Å². The van der Waals surface area contributed by atoms with Crippen molar-refractivity contribution in [2.75, 3.05) is 26.2 Å². The molecule has 0 aliphatic carbocycles. The van der Waals surface area contributed by atoms with Crippen molar-refractivity contribution in [1.29, 1.82) is 0 Å². The van der Waals surface area contributed by atoms with Crippen LogP contribution in [0.1, 0.15) is 38.2 Å². The molecule has 138 valence electrons. The Morgan fingerprint density at radius 1 is 1.20 bits per heavy atom. The van der Waals surface area contributed by atoms with Gasteiger partial charge in [0.05, 0.1) is 6.54 Å². The second-order valence-electron chi connectivity index (χ2n) is 6.50. The van der Waals surface area contributed by atoms with E-state index in [1.54, 1.807) is 0 Å². The third-order valence-corrected chi connectivity index (χ3v) is 4.49. The molecule has 1 aromatic rings. The van der Waals surface area contributed by atoms with Crippen molar-refractivity contribution < 1.29 is 14.3 Å². The Labute approximate surface area is 149 Å². The first kappa shape index (κ1) is 19.2. The molecule has 1 aliphatic rings. The summed E-state index contributed by atoms with van der Waals surface area (Å²) in [5.41, 5.74) is 0.911. The number of benzene rings is 1. The predicted molar refractivity (Wildman–Crippen MR) is 97.1 cm³/mol. The number of alkyl carbamates (subject to hydrolysis) is 1. The van der Waals surface area contributed by atoms with Crippen molar-refractivity contribution >= 4 is 12.0 Å². The zero-order chi connectivity index (χ0) is 17.9. The Bertz CT molecular complexity index is 536. The van der Waals surface area contributed by atoms with Gasteiger partial charge in [0.1, 0.15) is 6.61 Å². The lowest BCUT2D eigenvalue weighted by molar-refractivity contribution is -0.120. The van der Waals surface area contributed by atoms with Crippen LogP contribution in [0.5, 0.6) is 0 Å². The Balaban J connectivity index is 1.51. The van der Waals surface area contributed by atoms with Gasteiger partial charge in [0.25, 0.3) is 0 Å². The molecular formula is C19H29N3O3. The van der Waals surface area contributed by atoms with Crippen LogP contribution in [0.2, 0.25) is 0 Å². The number of hydrogen-bond donors (Lipinski definition) is 2. The van der Waals surface area contributed by atoms with E-state index >= 15 is 0 Å². The minimum absolute atomic E-state index is 0.0618. The second-order valence-corrected chi connectivity index (χ2v) is 6.50. The van der Waals surface area contributed by atoms with E-state index in [-0.39, 0.29) is 19.1 Å². The fraction of sp³-hybridized carbons (Fsp3) is 0.579. The van der Waals surface area contributed by atoms with Gasteiger partial charge >= 0.3 is 6.09 Å². The lowest BCUT2D eigenvalue weighted by Crippen LogP contribution is -2.40. The molecule has 0 aromatic heterocycles. The molecule has 1 unspecified atom stereocenters. The van der Waals surface area contributed by atoms with Crippen molar-refractivity contribution in [3.63, 3.8) is 0 Å². The number of nitrogens with one attached hydrogen (secondary N) is 2. The summed E-state index contributed by atoms with van der Waals surface area (Å²) in [6.07, 6.45) is 4.20. The van der Waals surface area contributed by atoms with E-state index in [0.717, 1.165) is 25.1 Å². The van der Waals surface area contributed by atoms with Gasteiger partial charge in [-0.3, -0.25) is 4.79 Å². The molecule has 0 radical (unpaired) electrons. The second kappa shape index (κ2) is 10.7. The summed E-state index contributed by atoms with van der Waals surface area (Å²) in [4.78, 5) is 25.8. The number of ether oxygens (including phenoxy) is 1. The summed E-state index contributed by atoms with van der Waals surface area (Å²) >= 11 is 0. The average molecular weight is 347 g/mol. The number of rotatable bonds is 8. The van der Waals surface area contributed by atoms with E-state index < -0.39 is 6.09 Å². The van der Waals surface area contributed by atoms with Gasteiger partial charge in [-0.1, -0.05) is 36.8 Å². The minimum Gasteiger partial charge on any atom is -0.445 e. The number of carbonyl (C=O) groups excluding carboxylic acids is 2. The molecule has 1 fully saturated rings. The van der Waals surface area contributed by atoms with E-state index in [0.29, 0.717) is 12.6 Å². The third kappa shape index (κ3) is 7.56. The topological polar surface area (TPSA) is 70.7 Å². The number of likely N-dealkylation sites (tertiary alicyclic amines) is 1. The number of piperidine rings is 1. The van der Waals surface area contributed by atoms with Crippen LogP contribution in [0.15, 0.2) is 30.3 Å². The quantitative estimate of drug-likeness (QED) is 0.708. The lowest BCUT2D eigenvalue weighted by atomic mass is 10.0. The van der Waals surface area contributed by atoms with Crippen LogP contribution in [-0.2, 0) is 16.1 Å². The monoisotopic (exact) mass is 347 g/mol. The molecule has 2 N–H and O–H groups in total. The molecule has 1 aliphatic heterocycles. The zero-order valence-corrected chi connectivity index (χ0v) is 15.0. The van der Waals surface area contributed by atoms with Crippen molar-refractivity contribution in [1.82, 2.24) is 15.5 Å². The van der Waals surface area contributed by atoms with Crippen LogP contribution >= 0.6 is 0 Å². The molecule has 0 spiro atoms. The van der Waals surface area contributed by atoms with E-state index in [4.69, 9.17) is 4.74 Å². The first-order chi connectivity index (χ1) is 12.1. The Hall–Kier alpha value is -2.08. The molecule has 2 rings (SSSR count). The maximum atomic E-state index is 11.7. The SMILES string of the molecule is CC1CCCCN1CCCNC(=O)CNC(=O)OCc1ccccc1. The van der Waals surface area contributed by atoms with E-state index in [2.05, 4.69) is 22.5 Å². The van der Waals surface area contributed by atoms with Gasteiger partial charge in [0.2, 0.25) is 5.91 Å². The molecule has 0 saturated carbocycles. The number of carbonyl (C=O) groups is 2. The Kier molecular flexibility index (Phi) is 8.25. The summed E-state index contributed by atoms with van der Waals surface area (Å²) in [7, 11) is 0. The average Bonchev–Trinajstić information content (AvgIpc) is 2.64. The summed E-state index contributed by atoms with van der Waals surface area (Å²) < 4.78 is 5.06. The molecule has 1 saturated heterocycles. The Morgan fingerprint density at radius 3 is 2.76 bits per heavy atom. The summed E-state index contributed by atoms with van der Waals surface area (Å²) in [5, 5.41) is 5.30. The van der Waals surface area contributed by atoms with Crippen LogP contribution in [-0.4, -0.2) is 49.1 Å². The van der Waals surface area contributed by atoms with Crippen molar-refractivity contribution in [3.8, 4) is 0 Å².